The third kappa shape index (κ3) is 4.98. The smallest absolute Gasteiger partial charge is 0.308 e. The fourth-order valence-corrected chi connectivity index (χ4v) is 3.15. The summed E-state index contributed by atoms with van der Waals surface area (Å²) in [7, 11) is 0. The Kier molecular flexibility index (Phi) is 5.71. The van der Waals surface area contributed by atoms with E-state index in [1.807, 2.05) is 27.7 Å². The molecule has 2 aliphatic rings. The standard InChI is InChI=1S/C18H28N2O3/c1-12(2)17-16(13-7-5-6-8-14(21)10-9-13)19-20-18(3,4)11-15(22)23-17/h5,7,12-13,16-17H,6,8-11H2,1-4H3/b7-5-,20-19?/t13?,16?,17-/m1/s1. The van der Waals surface area contributed by atoms with Crippen LogP contribution in [0.5, 0.6) is 0 Å². The molecule has 2 rings (SSSR count). The second kappa shape index (κ2) is 7.37. The number of carbonyl (C=O) groups excluding carboxylic acids is 2. The number of nitrogens with zero attached hydrogens (tertiary/aromatic N) is 2. The molecule has 1 aliphatic carbocycles. The van der Waals surface area contributed by atoms with Gasteiger partial charge in [-0.3, -0.25) is 9.59 Å². The minimum absolute atomic E-state index is 0.0806. The number of allylic oxidation sites excluding steroid dienone is 1. The first-order valence-corrected chi connectivity index (χ1v) is 8.58. The largest absolute Gasteiger partial charge is 0.460 e. The van der Waals surface area contributed by atoms with Gasteiger partial charge in [0.1, 0.15) is 17.9 Å². The summed E-state index contributed by atoms with van der Waals surface area (Å²) in [5.41, 5.74) is -0.543. The van der Waals surface area contributed by atoms with Crippen molar-refractivity contribution in [2.24, 2.45) is 22.1 Å². The normalized spacial score (nSPS) is 33.3. The van der Waals surface area contributed by atoms with E-state index in [0.717, 1.165) is 12.8 Å². The molecule has 5 nitrogen and oxygen atoms in total. The Labute approximate surface area is 138 Å². The summed E-state index contributed by atoms with van der Waals surface area (Å²) in [6.07, 6.45) is 6.82. The van der Waals surface area contributed by atoms with E-state index < -0.39 is 5.54 Å². The van der Waals surface area contributed by atoms with E-state index in [4.69, 9.17) is 4.74 Å². The van der Waals surface area contributed by atoms with Gasteiger partial charge in [0.25, 0.3) is 0 Å². The number of azo groups is 1. The van der Waals surface area contributed by atoms with E-state index >= 15 is 0 Å². The maximum atomic E-state index is 12.2. The molecule has 0 saturated carbocycles. The maximum Gasteiger partial charge on any atom is 0.308 e. The predicted molar refractivity (Wildman–Crippen MR) is 88.2 cm³/mol. The molecule has 0 saturated heterocycles. The lowest BCUT2D eigenvalue weighted by Crippen LogP contribution is -2.42. The van der Waals surface area contributed by atoms with Gasteiger partial charge in [0, 0.05) is 18.8 Å². The molecule has 23 heavy (non-hydrogen) atoms. The molecule has 1 heterocycles. The third-order valence-electron chi connectivity index (χ3n) is 4.47. The lowest BCUT2D eigenvalue weighted by atomic mass is 9.84. The van der Waals surface area contributed by atoms with Crippen LogP contribution in [0.4, 0.5) is 0 Å². The van der Waals surface area contributed by atoms with Gasteiger partial charge in [0.2, 0.25) is 0 Å². The van der Waals surface area contributed by atoms with Crippen LogP contribution in [0.2, 0.25) is 0 Å². The van der Waals surface area contributed by atoms with Crippen molar-refractivity contribution in [1.29, 1.82) is 0 Å². The number of esters is 1. The molecule has 0 bridgehead atoms. The zero-order chi connectivity index (χ0) is 17.0. The first-order chi connectivity index (χ1) is 10.8. The van der Waals surface area contributed by atoms with Crippen molar-refractivity contribution in [1.82, 2.24) is 0 Å². The lowest BCUT2D eigenvalue weighted by molar-refractivity contribution is -0.155. The van der Waals surface area contributed by atoms with Crippen molar-refractivity contribution in [3.63, 3.8) is 0 Å². The topological polar surface area (TPSA) is 68.1 Å². The summed E-state index contributed by atoms with van der Waals surface area (Å²) in [5, 5.41) is 9.01. The first kappa shape index (κ1) is 17.8. The van der Waals surface area contributed by atoms with Crippen molar-refractivity contribution >= 4 is 11.8 Å². The van der Waals surface area contributed by atoms with E-state index in [9.17, 15) is 9.59 Å². The zero-order valence-electron chi connectivity index (χ0n) is 14.6. The molecule has 0 spiro atoms. The van der Waals surface area contributed by atoms with Crippen molar-refractivity contribution in [2.75, 3.05) is 0 Å². The number of hydrogen-bond donors (Lipinski definition) is 0. The SMILES string of the molecule is CC(C)[C@H]1OC(=O)CC(C)(C)N=NC1C1/C=C\CCC(=O)CC1. The minimum Gasteiger partial charge on any atom is -0.460 e. The molecule has 0 amide bonds. The summed E-state index contributed by atoms with van der Waals surface area (Å²) >= 11 is 0. The molecule has 0 radical (unpaired) electrons. The Bertz CT molecular complexity index is 508. The second-order valence-electron chi connectivity index (χ2n) is 7.60. The highest BCUT2D eigenvalue weighted by Crippen LogP contribution is 2.31. The molecular weight excluding hydrogens is 292 g/mol. The van der Waals surface area contributed by atoms with Crippen LogP contribution in [-0.2, 0) is 14.3 Å². The molecule has 0 aromatic carbocycles. The summed E-state index contributed by atoms with van der Waals surface area (Å²) in [6.45, 7) is 7.85. The molecular formula is C18H28N2O3. The average molecular weight is 320 g/mol. The Morgan fingerprint density at radius 2 is 2.00 bits per heavy atom. The van der Waals surface area contributed by atoms with E-state index in [1.165, 1.54) is 0 Å². The van der Waals surface area contributed by atoms with Gasteiger partial charge in [-0.1, -0.05) is 26.0 Å². The summed E-state index contributed by atoms with van der Waals surface area (Å²) < 4.78 is 5.74. The number of ether oxygens (including phenoxy) is 1. The summed E-state index contributed by atoms with van der Waals surface area (Å²) in [6, 6.07) is -0.222. The van der Waals surface area contributed by atoms with Gasteiger partial charge in [-0.05, 0) is 32.6 Å². The van der Waals surface area contributed by atoms with Crippen LogP contribution in [-0.4, -0.2) is 29.4 Å². The van der Waals surface area contributed by atoms with Crippen LogP contribution >= 0.6 is 0 Å². The number of cyclic esters (lactones) is 1. The third-order valence-corrected chi connectivity index (χ3v) is 4.47. The van der Waals surface area contributed by atoms with E-state index in [1.54, 1.807) is 0 Å². The highest BCUT2D eigenvalue weighted by molar-refractivity contribution is 5.78. The fourth-order valence-electron chi connectivity index (χ4n) is 3.15. The fraction of sp³-hybridized carbons (Fsp3) is 0.778. The van der Waals surface area contributed by atoms with Crippen LogP contribution in [0.3, 0.4) is 0 Å². The van der Waals surface area contributed by atoms with Crippen LogP contribution in [0.15, 0.2) is 22.4 Å². The van der Waals surface area contributed by atoms with Crippen LogP contribution in [0.1, 0.15) is 59.8 Å². The summed E-state index contributed by atoms with van der Waals surface area (Å²) in [5.74, 6) is 0.305. The average Bonchev–Trinajstić information content (AvgIpc) is 2.41. The van der Waals surface area contributed by atoms with E-state index in [0.29, 0.717) is 18.6 Å². The van der Waals surface area contributed by atoms with Gasteiger partial charge < -0.3 is 4.74 Å². The highest BCUT2D eigenvalue weighted by Gasteiger charge is 2.37. The van der Waals surface area contributed by atoms with Crippen molar-refractivity contribution in [3.8, 4) is 0 Å². The number of hydrogen-bond acceptors (Lipinski definition) is 5. The predicted octanol–water partition coefficient (Wildman–Crippen LogP) is 3.87. The van der Waals surface area contributed by atoms with Crippen LogP contribution in [0, 0.1) is 11.8 Å². The van der Waals surface area contributed by atoms with E-state index in [2.05, 4.69) is 22.4 Å². The Morgan fingerprint density at radius 1 is 1.26 bits per heavy atom. The monoisotopic (exact) mass is 320 g/mol. The summed E-state index contributed by atoms with van der Waals surface area (Å²) in [4.78, 5) is 24.0. The second-order valence-corrected chi connectivity index (χ2v) is 7.60. The molecule has 0 N–H and O–H groups in total. The molecule has 2 unspecified atom stereocenters. The first-order valence-electron chi connectivity index (χ1n) is 8.58. The Hall–Kier alpha value is -1.52. The molecule has 3 atom stereocenters. The van der Waals surface area contributed by atoms with Gasteiger partial charge in [-0.15, -0.1) is 0 Å². The van der Waals surface area contributed by atoms with Crippen molar-refractivity contribution < 1.29 is 14.3 Å². The van der Waals surface area contributed by atoms with Gasteiger partial charge in [0.15, 0.2) is 0 Å². The Balaban J connectivity index is 2.31. The van der Waals surface area contributed by atoms with Gasteiger partial charge >= 0.3 is 5.97 Å². The zero-order valence-corrected chi connectivity index (χ0v) is 14.6. The number of rotatable bonds is 2. The number of carbonyl (C=O) groups is 2. The van der Waals surface area contributed by atoms with Crippen LogP contribution < -0.4 is 0 Å². The Morgan fingerprint density at radius 3 is 2.70 bits per heavy atom. The van der Waals surface area contributed by atoms with Crippen molar-refractivity contribution in [2.45, 2.75) is 77.5 Å². The lowest BCUT2D eigenvalue weighted by Gasteiger charge is -2.34. The van der Waals surface area contributed by atoms with Gasteiger partial charge in [-0.25, -0.2) is 0 Å². The molecule has 0 aromatic rings. The molecule has 0 fully saturated rings. The molecule has 0 aromatic heterocycles. The quantitative estimate of drug-likeness (QED) is 0.573. The minimum atomic E-state index is -0.543. The molecule has 1 aliphatic heterocycles. The number of Topliss-reactive ketones (excluding diaryl/α,β-unsaturated/α-hetero) is 1. The maximum absolute atomic E-state index is 12.2. The highest BCUT2D eigenvalue weighted by atomic mass is 16.5. The molecule has 5 heteroatoms. The van der Waals surface area contributed by atoms with Gasteiger partial charge in [-0.2, -0.15) is 10.2 Å². The van der Waals surface area contributed by atoms with Crippen LogP contribution in [0.25, 0.3) is 0 Å². The van der Waals surface area contributed by atoms with Gasteiger partial charge in [0.05, 0.1) is 12.0 Å². The van der Waals surface area contributed by atoms with E-state index in [-0.39, 0.29) is 36.4 Å². The molecule has 128 valence electrons. The number of ketones is 1. The van der Waals surface area contributed by atoms with Crippen molar-refractivity contribution in [3.05, 3.63) is 12.2 Å².